The SMILES string of the molecule is Cc1cc(C(=O)NCC2CNC2)nc2[nH]c(=O)[nH]c(=O)c12. The molecule has 1 aliphatic rings. The summed E-state index contributed by atoms with van der Waals surface area (Å²) in [6.07, 6.45) is 0. The van der Waals surface area contributed by atoms with Crippen LogP contribution in [0, 0.1) is 12.8 Å². The third-order valence-electron chi connectivity index (χ3n) is 3.55. The zero-order valence-electron chi connectivity index (χ0n) is 11.4. The maximum absolute atomic E-state index is 12.1. The highest BCUT2D eigenvalue weighted by Gasteiger charge is 2.19. The molecule has 1 saturated heterocycles. The Bertz CT molecular complexity index is 819. The van der Waals surface area contributed by atoms with Gasteiger partial charge in [0.2, 0.25) is 0 Å². The third kappa shape index (κ3) is 2.57. The Kier molecular flexibility index (Phi) is 3.30. The van der Waals surface area contributed by atoms with Crippen LogP contribution in [0.15, 0.2) is 15.7 Å². The van der Waals surface area contributed by atoms with Gasteiger partial charge in [-0.3, -0.25) is 19.6 Å². The second-order valence-electron chi connectivity index (χ2n) is 5.19. The fourth-order valence-corrected chi connectivity index (χ4v) is 2.29. The first-order valence-corrected chi connectivity index (χ1v) is 6.67. The number of aryl methyl sites for hydroxylation is 1. The second-order valence-corrected chi connectivity index (χ2v) is 5.19. The molecule has 0 aliphatic carbocycles. The minimum absolute atomic E-state index is 0.124. The zero-order chi connectivity index (χ0) is 15.0. The number of carbonyl (C=O) groups excluding carboxylic acids is 1. The van der Waals surface area contributed by atoms with E-state index in [1.807, 2.05) is 0 Å². The summed E-state index contributed by atoms with van der Waals surface area (Å²) in [7, 11) is 0. The maximum atomic E-state index is 12.1. The summed E-state index contributed by atoms with van der Waals surface area (Å²) >= 11 is 0. The largest absolute Gasteiger partial charge is 0.350 e. The molecule has 0 aromatic carbocycles. The van der Waals surface area contributed by atoms with Crippen molar-refractivity contribution in [3.05, 3.63) is 38.2 Å². The molecule has 1 aliphatic heterocycles. The first-order valence-electron chi connectivity index (χ1n) is 6.67. The molecule has 0 bridgehead atoms. The van der Waals surface area contributed by atoms with Gasteiger partial charge in [0.05, 0.1) is 5.39 Å². The predicted octanol–water partition coefficient (Wildman–Crippen LogP) is -1.13. The number of aromatic nitrogens is 3. The lowest BCUT2D eigenvalue weighted by molar-refractivity contribution is 0.0937. The van der Waals surface area contributed by atoms with Crippen molar-refractivity contribution in [3.63, 3.8) is 0 Å². The van der Waals surface area contributed by atoms with Gasteiger partial charge >= 0.3 is 5.69 Å². The smallest absolute Gasteiger partial charge is 0.327 e. The van der Waals surface area contributed by atoms with E-state index in [4.69, 9.17) is 0 Å². The van der Waals surface area contributed by atoms with Crippen LogP contribution in [0.3, 0.4) is 0 Å². The molecule has 0 spiro atoms. The Morgan fingerprint density at radius 1 is 1.38 bits per heavy atom. The summed E-state index contributed by atoms with van der Waals surface area (Å²) in [4.78, 5) is 43.8. The summed E-state index contributed by atoms with van der Waals surface area (Å²) in [5.74, 6) is 0.131. The van der Waals surface area contributed by atoms with E-state index in [-0.39, 0.29) is 22.6 Å². The number of pyridine rings is 1. The molecule has 1 amide bonds. The average Bonchev–Trinajstić information content (AvgIpc) is 2.35. The van der Waals surface area contributed by atoms with E-state index in [9.17, 15) is 14.4 Å². The van der Waals surface area contributed by atoms with Gasteiger partial charge in [-0.25, -0.2) is 9.78 Å². The lowest BCUT2D eigenvalue weighted by Crippen LogP contribution is -2.48. The lowest BCUT2D eigenvalue weighted by atomic mass is 10.0. The van der Waals surface area contributed by atoms with E-state index in [2.05, 4.69) is 25.6 Å². The van der Waals surface area contributed by atoms with Crippen LogP contribution >= 0.6 is 0 Å². The van der Waals surface area contributed by atoms with Crippen molar-refractivity contribution in [2.24, 2.45) is 5.92 Å². The van der Waals surface area contributed by atoms with Gasteiger partial charge < -0.3 is 10.6 Å². The number of aromatic amines is 2. The molecular formula is C13H15N5O3. The second kappa shape index (κ2) is 5.13. The van der Waals surface area contributed by atoms with Crippen molar-refractivity contribution in [2.75, 3.05) is 19.6 Å². The fourth-order valence-electron chi connectivity index (χ4n) is 2.29. The third-order valence-corrected chi connectivity index (χ3v) is 3.55. The van der Waals surface area contributed by atoms with Crippen LogP contribution in [0.25, 0.3) is 11.0 Å². The monoisotopic (exact) mass is 289 g/mol. The Morgan fingerprint density at radius 2 is 2.14 bits per heavy atom. The summed E-state index contributed by atoms with van der Waals surface area (Å²) < 4.78 is 0. The van der Waals surface area contributed by atoms with Crippen LogP contribution in [0.2, 0.25) is 0 Å². The first-order chi connectivity index (χ1) is 10.0. The van der Waals surface area contributed by atoms with Crippen molar-refractivity contribution >= 4 is 16.9 Å². The van der Waals surface area contributed by atoms with Crippen molar-refractivity contribution in [3.8, 4) is 0 Å². The van der Waals surface area contributed by atoms with Gasteiger partial charge in [0.15, 0.2) is 0 Å². The van der Waals surface area contributed by atoms with Crippen molar-refractivity contribution in [1.82, 2.24) is 25.6 Å². The van der Waals surface area contributed by atoms with E-state index in [1.54, 1.807) is 13.0 Å². The molecule has 21 heavy (non-hydrogen) atoms. The summed E-state index contributed by atoms with van der Waals surface area (Å²) in [6, 6.07) is 1.55. The summed E-state index contributed by atoms with van der Waals surface area (Å²) in [5.41, 5.74) is -0.246. The fraction of sp³-hybridized carbons (Fsp3) is 0.385. The molecule has 8 heteroatoms. The van der Waals surface area contributed by atoms with Gasteiger partial charge in [0.1, 0.15) is 11.3 Å². The minimum Gasteiger partial charge on any atom is -0.350 e. The number of nitrogens with one attached hydrogen (secondary N) is 4. The molecule has 1 fully saturated rings. The molecule has 3 heterocycles. The highest BCUT2D eigenvalue weighted by Crippen LogP contribution is 2.11. The normalized spacial score (nSPS) is 14.9. The molecule has 0 unspecified atom stereocenters. The molecular weight excluding hydrogens is 274 g/mol. The number of rotatable bonds is 3. The van der Waals surface area contributed by atoms with E-state index >= 15 is 0 Å². The number of hydrogen-bond acceptors (Lipinski definition) is 5. The van der Waals surface area contributed by atoms with Crippen LogP contribution < -0.4 is 21.9 Å². The number of nitrogens with zero attached hydrogens (tertiary/aromatic N) is 1. The quantitative estimate of drug-likeness (QED) is 0.570. The molecule has 110 valence electrons. The average molecular weight is 289 g/mol. The molecule has 0 radical (unpaired) electrons. The van der Waals surface area contributed by atoms with Gasteiger partial charge in [0, 0.05) is 25.6 Å². The summed E-state index contributed by atoms with van der Waals surface area (Å²) in [5, 5.41) is 6.21. The van der Waals surface area contributed by atoms with Gasteiger partial charge in [-0.15, -0.1) is 0 Å². The van der Waals surface area contributed by atoms with Crippen LogP contribution in [-0.2, 0) is 0 Å². The highest BCUT2D eigenvalue weighted by atomic mass is 16.2. The van der Waals surface area contributed by atoms with E-state index in [0.717, 1.165) is 13.1 Å². The molecule has 4 N–H and O–H groups in total. The molecule has 3 rings (SSSR count). The van der Waals surface area contributed by atoms with Gasteiger partial charge in [-0.05, 0) is 18.6 Å². The Labute approximate surface area is 119 Å². The Morgan fingerprint density at radius 3 is 2.81 bits per heavy atom. The van der Waals surface area contributed by atoms with Crippen LogP contribution in [-0.4, -0.2) is 40.5 Å². The number of hydrogen-bond donors (Lipinski definition) is 4. The molecule has 2 aromatic rings. The Hall–Kier alpha value is -2.48. The van der Waals surface area contributed by atoms with E-state index < -0.39 is 11.2 Å². The van der Waals surface area contributed by atoms with E-state index in [1.165, 1.54) is 0 Å². The van der Waals surface area contributed by atoms with E-state index in [0.29, 0.717) is 18.0 Å². The predicted molar refractivity (Wildman–Crippen MR) is 76.4 cm³/mol. The minimum atomic E-state index is -0.641. The summed E-state index contributed by atoms with van der Waals surface area (Å²) in [6.45, 7) is 4.07. The van der Waals surface area contributed by atoms with Crippen molar-refractivity contribution in [1.29, 1.82) is 0 Å². The van der Waals surface area contributed by atoms with Gasteiger partial charge in [0.25, 0.3) is 11.5 Å². The number of H-pyrrole nitrogens is 2. The van der Waals surface area contributed by atoms with Crippen LogP contribution in [0.1, 0.15) is 16.1 Å². The highest BCUT2D eigenvalue weighted by molar-refractivity contribution is 5.95. The standard InChI is InChI=1S/C13H15N5O3/c1-6-2-8(11(19)15-5-7-3-14-4-7)16-10-9(6)12(20)18-13(21)17-10/h2,7,14H,3-5H2,1H3,(H,15,19)(H2,16,17,18,20,21). The molecule has 0 saturated carbocycles. The first kappa shape index (κ1) is 13.5. The number of amides is 1. The maximum Gasteiger partial charge on any atom is 0.327 e. The zero-order valence-corrected chi connectivity index (χ0v) is 11.4. The Balaban J connectivity index is 1.93. The molecule has 0 atom stereocenters. The van der Waals surface area contributed by atoms with Gasteiger partial charge in [-0.2, -0.15) is 0 Å². The van der Waals surface area contributed by atoms with Gasteiger partial charge in [-0.1, -0.05) is 0 Å². The van der Waals surface area contributed by atoms with Crippen molar-refractivity contribution < 1.29 is 4.79 Å². The number of fused-ring (bicyclic) bond motifs is 1. The number of carbonyl (C=O) groups is 1. The molecule has 8 nitrogen and oxygen atoms in total. The van der Waals surface area contributed by atoms with Crippen LogP contribution in [0.4, 0.5) is 0 Å². The molecule has 2 aromatic heterocycles. The van der Waals surface area contributed by atoms with Crippen LogP contribution in [0.5, 0.6) is 0 Å². The topological polar surface area (TPSA) is 120 Å². The lowest BCUT2D eigenvalue weighted by Gasteiger charge is -2.26. The van der Waals surface area contributed by atoms with Crippen molar-refractivity contribution in [2.45, 2.75) is 6.92 Å².